The van der Waals surface area contributed by atoms with Crippen molar-refractivity contribution in [3.05, 3.63) is 81.8 Å². The highest BCUT2D eigenvalue weighted by Gasteiger charge is 2.26. The van der Waals surface area contributed by atoms with Gasteiger partial charge in [0.15, 0.2) is 0 Å². The van der Waals surface area contributed by atoms with Crippen LogP contribution in [0.3, 0.4) is 0 Å². The first-order chi connectivity index (χ1) is 15.3. The van der Waals surface area contributed by atoms with Crippen LogP contribution in [-0.4, -0.2) is 31.1 Å². The highest BCUT2D eigenvalue weighted by Crippen LogP contribution is 2.32. The van der Waals surface area contributed by atoms with Crippen molar-refractivity contribution in [2.24, 2.45) is 0 Å². The van der Waals surface area contributed by atoms with Crippen LogP contribution >= 0.6 is 27.5 Å². The van der Waals surface area contributed by atoms with E-state index >= 15 is 0 Å². The fourth-order valence-electron chi connectivity index (χ4n) is 3.88. The molecular weight excluding hydrogens is 488 g/mol. The number of anilines is 4. The Labute approximate surface area is 202 Å². The van der Waals surface area contributed by atoms with Gasteiger partial charge in [0.1, 0.15) is 0 Å². The topological polar surface area (TPSA) is 56.4 Å². The molecule has 1 heterocycles. The van der Waals surface area contributed by atoms with E-state index < -0.39 is 0 Å². The first-order valence-electron chi connectivity index (χ1n) is 10.5. The zero-order chi connectivity index (χ0) is 22.7. The standard InChI is InChI=1S/C25H26BrClN4O/c1-25(2)16-31(14-13-28-25)23-12-11-17(15-19(23)26)29-24(32)18-7-3-5-9-21(18)30-22-10-6-4-8-20(22)27/h3-12,15,28,30H,13-14,16H2,1-2H3,(H,29,32). The van der Waals surface area contributed by atoms with Crippen LogP contribution in [0, 0.1) is 0 Å². The second-order valence-electron chi connectivity index (χ2n) is 8.50. The second kappa shape index (κ2) is 9.53. The molecule has 3 aromatic rings. The third kappa shape index (κ3) is 5.26. The van der Waals surface area contributed by atoms with E-state index in [0.29, 0.717) is 16.3 Å². The Hall–Kier alpha value is -2.54. The molecule has 0 spiro atoms. The van der Waals surface area contributed by atoms with E-state index in [-0.39, 0.29) is 11.4 Å². The highest BCUT2D eigenvalue weighted by atomic mass is 79.9. The maximum atomic E-state index is 13.1. The lowest BCUT2D eigenvalue weighted by Crippen LogP contribution is -2.57. The SMILES string of the molecule is CC1(C)CN(c2ccc(NC(=O)c3ccccc3Nc3ccccc3Cl)cc2Br)CCN1. The summed E-state index contributed by atoms with van der Waals surface area (Å²) < 4.78 is 0.954. The van der Waals surface area contributed by atoms with Gasteiger partial charge < -0.3 is 20.9 Å². The number of amides is 1. The van der Waals surface area contributed by atoms with E-state index in [4.69, 9.17) is 11.6 Å². The van der Waals surface area contributed by atoms with Crippen LogP contribution in [0.1, 0.15) is 24.2 Å². The van der Waals surface area contributed by atoms with Crippen LogP contribution in [0.2, 0.25) is 5.02 Å². The number of nitrogens with zero attached hydrogens (tertiary/aromatic N) is 1. The average Bonchev–Trinajstić information content (AvgIpc) is 2.75. The largest absolute Gasteiger partial charge is 0.368 e. The number of rotatable bonds is 5. The summed E-state index contributed by atoms with van der Waals surface area (Å²) in [6.45, 7) is 7.20. The normalized spacial score (nSPS) is 15.3. The Morgan fingerprint density at radius 2 is 1.78 bits per heavy atom. The molecule has 166 valence electrons. The summed E-state index contributed by atoms with van der Waals surface area (Å²) in [6.07, 6.45) is 0. The Balaban J connectivity index is 1.51. The van der Waals surface area contributed by atoms with E-state index in [1.165, 1.54) is 0 Å². The fourth-order valence-corrected chi connectivity index (χ4v) is 4.70. The van der Waals surface area contributed by atoms with Crippen molar-refractivity contribution in [2.75, 3.05) is 35.2 Å². The van der Waals surface area contributed by atoms with E-state index in [0.717, 1.165) is 41.2 Å². The first kappa shape index (κ1) is 22.6. The van der Waals surface area contributed by atoms with Crippen LogP contribution < -0.4 is 20.9 Å². The van der Waals surface area contributed by atoms with Gasteiger partial charge in [-0.05, 0) is 72.2 Å². The number of hydrogen-bond donors (Lipinski definition) is 3. The van der Waals surface area contributed by atoms with E-state index in [2.05, 4.69) is 56.7 Å². The molecule has 4 rings (SSSR count). The van der Waals surface area contributed by atoms with Gasteiger partial charge in [0.2, 0.25) is 0 Å². The summed E-state index contributed by atoms with van der Waals surface area (Å²) in [5.41, 5.74) is 3.89. The van der Waals surface area contributed by atoms with Crippen molar-refractivity contribution in [3.8, 4) is 0 Å². The highest BCUT2D eigenvalue weighted by molar-refractivity contribution is 9.10. The Morgan fingerprint density at radius 3 is 2.50 bits per heavy atom. The third-order valence-electron chi connectivity index (χ3n) is 5.43. The lowest BCUT2D eigenvalue weighted by molar-refractivity contribution is 0.102. The molecule has 1 fully saturated rings. The molecule has 0 aromatic heterocycles. The smallest absolute Gasteiger partial charge is 0.257 e. The minimum Gasteiger partial charge on any atom is -0.368 e. The average molecular weight is 514 g/mol. The monoisotopic (exact) mass is 512 g/mol. The Kier molecular flexibility index (Phi) is 6.74. The maximum absolute atomic E-state index is 13.1. The molecule has 7 heteroatoms. The van der Waals surface area contributed by atoms with Crippen LogP contribution in [0.4, 0.5) is 22.7 Å². The van der Waals surface area contributed by atoms with Gasteiger partial charge in [-0.25, -0.2) is 0 Å². The molecule has 1 amide bonds. The summed E-state index contributed by atoms with van der Waals surface area (Å²) in [4.78, 5) is 15.4. The van der Waals surface area contributed by atoms with Crippen molar-refractivity contribution in [2.45, 2.75) is 19.4 Å². The first-order valence-corrected chi connectivity index (χ1v) is 11.7. The van der Waals surface area contributed by atoms with E-state index in [1.54, 1.807) is 6.07 Å². The molecule has 0 saturated carbocycles. The molecule has 0 bridgehead atoms. The summed E-state index contributed by atoms with van der Waals surface area (Å²) in [5.74, 6) is -0.192. The summed E-state index contributed by atoms with van der Waals surface area (Å²) in [6, 6.07) is 20.8. The zero-order valence-corrected chi connectivity index (χ0v) is 20.4. The number of para-hydroxylation sites is 2. The van der Waals surface area contributed by atoms with Crippen molar-refractivity contribution in [1.82, 2.24) is 5.32 Å². The van der Waals surface area contributed by atoms with Crippen LogP contribution in [0.5, 0.6) is 0 Å². The van der Waals surface area contributed by atoms with Gasteiger partial charge in [-0.2, -0.15) is 0 Å². The number of carbonyl (C=O) groups excluding carboxylic acids is 1. The van der Waals surface area contributed by atoms with Gasteiger partial charge >= 0.3 is 0 Å². The summed E-state index contributed by atoms with van der Waals surface area (Å²) >= 11 is 9.97. The maximum Gasteiger partial charge on any atom is 0.257 e. The molecule has 3 N–H and O–H groups in total. The molecule has 1 saturated heterocycles. The minimum absolute atomic E-state index is 0.0585. The molecule has 1 aliphatic heterocycles. The lowest BCUT2D eigenvalue weighted by Gasteiger charge is -2.40. The number of halogens is 2. The number of nitrogens with one attached hydrogen (secondary N) is 3. The van der Waals surface area contributed by atoms with Gasteiger partial charge in [-0.15, -0.1) is 0 Å². The zero-order valence-electron chi connectivity index (χ0n) is 18.1. The van der Waals surface area contributed by atoms with Gasteiger partial charge in [0, 0.05) is 35.3 Å². The second-order valence-corrected chi connectivity index (χ2v) is 9.76. The molecule has 0 radical (unpaired) electrons. The lowest BCUT2D eigenvalue weighted by atomic mass is 10.0. The number of piperazine rings is 1. The fraction of sp³-hybridized carbons (Fsp3) is 0.240. The Morgan fingerprint density at radius 1 is 1.06 bits per heavy atom. The quantitative estimate of drug-likeness (QED) is 0.375. The van der Waals surface area contributed by atoms with Gasteiger partial charge in [0.25, 0.3) is 5.91 Å². The van der Waals surface area contributed by atoms with Crippen LogP contribution in [0.15, 0.2) is 71.2 Å². The van der Waals surface area contributed by atoms with Gasteiger partial charge in [0.05, 0.1) is 27.6 Å². The molecule has 1 aliphatic rings. The van der Waals surface area contributed by atoms with Crippen molar-refractivity contribution < 1.29 is 4.79 Å². The van der Waals surface area contributed by atoms with E-state index in [9.17, 15) is 4.79 Å². The molecular formula is C25H26BrClN4O. The number of hydrogen-bond acceptors (Lipinski definition) is 4. The van der Waals surface area contributed by atoms with Crippen molar-refractivity contribution >= 4 is 56.2 Å². The predicted molar refractivity (Wildman–Crippen MR) is 138 cm³/mol. The number of carbonyl (C=O) groups is 1. The molecule has 0 atom stereocenters. The summed E-state index contributed by atoms with van der Waals surface area (Å²) in [7, 11) is 0. The number of benzene rings is 3. The minimum atomic E-state index is -0.192. The predicted octanol–water partition coefficient (Wildman–Crippen LogP) is 6.29. The third-order valence-corrected chi connectivity index (χ3v) is 6.40. The molecule has 5 nitrogen and oxygen atoms in total. The van der Waals surface area contributed by atoms with E-state index in [1.807, 2.05) is 54.6 Å². The Bertz CT molecular complexity index is 1130. The molecule has 0 aliphatic carbocycles. The van der Waals surface area contributed by atoms with Gasteiger partial charge in [-0.3, -0.25) is 4.79 Å². The molecule has 0 unspecified atom stereocenters. The molecule has 32 heavy (non-hydrogen) atoms. The van der Waals surface area contributed by atoms with Gasteiger partial charge in [-0.1, -0.05) is 35.9 Å². The van der Waals surface area contributed by atoms with Crippen molar-refractivity contribution in [1.29, 1.82) is 0 Å². The molecule has 3 aromatic carbocycles. The van der Waals surface area contributed by atoms with Crippen molar-refractivity contribution in [3.63, 3.8) is 0 Å². The summed E-state index contributed by atoms with van der Waals surface area (Å²) in [5, 5.41) is 10.4. The van der Waals surface area contributed by atoms with Crippen LogP contribution in [-0.2, 0) is 0 Å². The van der Waals surface area contributed by atoms with Crippen LogP contribution in [0.25, 0.3) is 0 Å².